The minimum absolute atomic E-state index is 0.111. The zero-order chi connectivity index (χ0) is 8.82. The lowest BCUT2D eigenvalue weighted by Crippen LogP contribution is -2.50. The Kier molecular flexibility index (Phi) is 1.53. The smallest absolute Gasteiger partial charge is 0.177 e. The van der Waals surface area contributed by atoms with Gasteiger partial charge in [0.05, 0.1) is 0 Å². The molecule has 0 unspecified atom stereocenters. The van der Waals surface area contributed by atoms with E-state index in [4.69, 9.17) is 10.4 Å². The topological polar surface area (TPSA) is 81.6 Å². The van der Waals surface area contributed by atoms with Crippen molar-refractivity contribution in [2.24, 2.45) is 0 Å². The summed E-state index contributed by atoms with van der Waals surface area (Å²) in [6.45, 7) is 0. The Labute approximate surface area is 69.7 Å². The van der Waals surface area contributed by atoms with Crippen LogP contribution >= 0.6 is 0 Å². The standard InChI is InChI=1S/C7H12N2O3/c10-5(6(8-11)1-2-6)7(9-12)3-4-7/h8-9,11-12H,1-4H2. The van der Waals surface area contributed by atoms with Crippen molar-refractivity contribution in [3.63, 3.8) is 0 Å². The molecule has 2 saturated carbocycles. The Morgan fingerprint density at radius 3 is 1.50 bits per heavy atom. The highest BCUT2D eigenvalue weighted by Gasteiger charge is 2.62. The van der Waals surface area contributed by atoms with Crippen molar-refractivity contribution < 1.29 is 15.2 Å². The van der Waals surface area contributed by atoms with Crippen LogP contribution in [-0.4, -0.2) is 27.3 Å². The van der Waals surface area contributed by atoms with Gasteiger partial charge >= 0.3 is 0 Å². The Hall–Kier alpha value is -0.490. The Morgan fingerprint density at radius 1 is 1.00 bits per heavy atom. The average molecular weight is 172 g/mol. The van der Waals surface area contributed by atoms with Gasteiger partial charge in [0.15, 0.2) is 5.78 Å². The van der Waals surface area contributed by atoms with Crippen LogP contribution in [0.4, 0.5) is 0 Å². The van der Waals surface area contributed by atoms with E-state index in [1.54, 1.807) is 0 Å². The molecule has 0 saturated heterocycles. The van der Waals surface area contributed by atoms with Crippen molar-refractivity contribution in [2.45, 2.75) is 36.8 Å². The largest absolute Gasteiger partial charge is 0.316 e. The third-order valence-corrected chi connectivity index (χ3v) is 2.80. The number of hydrogen-bond acceptors (Lipinski definition) is 5. The lowest BCUT2D eigenvalue weighted by molar-refractivity contribution is -0.131. The third kappa shape index (κ3) is 0.910. The summed E-state index contributed by atoms with van der Waals surface area (Å²) in [6.07, 6.45) is 2.63. The van der Waals surface area contributed by atoms with E-state index in [0.717, 1.165) is 0 Å². The molecule has 0 atom stereocenters. The summed E-state index contributed by atoms with van der Waals surface area (Å²) < 4.78 is 0. The van der Waals surface area contributed by atoms with Gasteiger partial charge in [0.25, 0.3) is 0 Å². The highest BCUT2D eigenvalue weighted by molar-refractivity contribution is 6.00. The maximum Gasteiger partial charge on any atom is 0.177 e. The second kappa shape index (κ2) is 2.26. The maximum atomic E-state index is 11.6. The van der Waals surface area contributed by atoms with Gasteiger partial charge < -0.3 is 10.4 Å². The molecule has 0 aromatic rings. The molecule has 0 aromatic carbocycles. The van der Waals surface area contributed by atoms with Gasteiger partial charge in [-0.05, 0) is 25.7 Å². The van der Waals surface area contributed by atoms with E-state index >= 15 is 0 Å². The van der Waals surface area contributed by atoms with E-state index in [1.165, 1.54) is 0 Å². The van der Waals surface area contributed by atoms with Gasteiger partial charge in [0.1, 0.15) is 11.1 Å². The second-order valence-electron chi connectivity index (χ2n) is 3.72. The number of rotatable bonds is 4. The number of carbonyl (C=O) groups is 1. The summed E-state index contributed by atoms with van der Waals surface area (Å²) >= 11 is 0. The Balaban J connectivity index is 2.10. The molecular formula is C7H12N2O3. The highest BCUT2D eigenvalue weighted by atomic mass is 16.5. The van der Waals surface area contributed by atoms with Gasteiger partial charge in [-0.3, -0.25) is 4.79 Å². The molecule has 0 aliphatic heterocycles. The summed E-state index contributed by atoms with van der Waals surface area (Å²) in [7, 11) is 0. The van der Waals surface area contributed by atoms with Crippen LogP contribution in [0.2, 0.25) is 0 Å². The summed E-state index contributed by atoms with van der Waals surface area (Å²) in [6, 6.07) is 0. The SMILES string of the molecule is O=C(C1(NO)CC1)C1(NO)CC1. The predicted molar refractivity (Wildman–Crippen MR) is 38.8 cm³/mol. The second-order valence-corrected chi connectivity index (χ2v) is 3.72. The monoisotopic (exact) mass is 172 g/mol. The van der Waals surface area contributed by atoms with Crippen molar-refractivity contribution in [3.8, 4) is 0 Å². The molecule has 5 nitrogen and oxygen atoms in total. The third-order valence-electron chi connectivity index (χ3n) is 2.80. The van der Waals surface area contributed by atoms with E-state index in [2.05, 4.69) is 0 Å². The highest BCUT2D eigenvalue weighted by Crippen LogP contribution is 2.46. The van der Waals surface area contributed by atoms with Crippen LogP contribution in [0.1, 0.15) is 25.7 Å². The molecular weight excluding hydrogens is 160 g/mol. The maximum absolute atomic E-state index is 11.6. The average Bonchev–Trinajstić information content (AvgIpc) is 3.00. The van der Waals surface area contributed by atoms with E-state index in [-0.39, 0.29) is 5.78 Å². The summed E-state index contributed by atoms with van der Waals surface area (Å²) in [4.78, 5) is 11.6. The lowest BCUT2D eigenvalue weighted by Gasteiger charge is -2.18. The molecule has 2 aliphatic rings. The van der Waals surface area contributed by atoms with Gasteiger partial charge in [0.2, 0.25) is 0 Å². The number of hydrogen-bond donors (Lipinski definition) is 4. The molecule has 2 aliphatic carbocycles. The molecule has 4 N–H and O–H groups in total. The number of hydroxylamine groups is 2. The molecule has 68 valence electrons. The zero-order valence-corrected chi connectivity index (χ0v) is 6.63. The molecule has 0 bridgehead atoms. The number of carbonyl (C=O) groups excluding carboxylic acids is 1. The Bertz CT molecular complexity index is 199. The Morgan fingerprint density at radius 2 is 1.33 bits per heavy atom. The van der Waals surface area contributed by atoms with Crippen LogP contribution in [-0.2, 0) is 4.79 Å². The first-order chi connectivity index (χ1) is 5.69. The van der Waals surface area contributed by atoms with Gasteiger partial charge in [-0.25, -0.2) is 0 Å². The number of Topliss-reactive ketones (excluding diaryl/α,β-unsaturated/α-hetero) is 1. The quantitative estimate of drug-likeness (QED) is 0.433. The zero-order valence-electron chi connectivity index (χ0n) is 6.63. The minimum atomic E-state index is -0.758. The lowest BCUT2D eigenvalue weighted by atomic mass is 10.0. The van der Waals surface area contributed by atoms with Crippen molar-refractivity contribution in [1.82, 2.24) is 11.0 Å². The van der Waals surface area contributed by atoms with Crippen LogP contribution in [0, 0.1) is 0 Å². The molecule has 0 radical (unpaired) electrons. The minimum Gasteiger partial charge on any atom is -0.316 e. The normalized spacial score (nSPS) is 28.2. The van der Waals surface area contributed by atoms with Crippen molar-refractivity contribution in [1.29, 1.82) is 0 Å². The van der Waals surface area contributed by atoms with Crippen molar-refractivity contribution in [2.75, 3.05) is 0 Å². The van der Waals surface area contributed by atoms with Crippen LogP contribution in [0.25, 0.3) is 0 Å². The van der Waals surface area contributed by atoms with Gasteiger partial charge in [-0.2, -0.15) is 11.0 Å². The van der Waals surface area contributed by atoms with E-state index in [9.17, 15) is 4.79 Å². The molecule has 2 rings (SSSR count). The van der Waals surface area contributed by atoms with Crippen molar-refractivity contribution in [3.05, 3.63) is 0 Å². The molecule has 12 heavy (non-hydrogen) atoms. The van der Waals surface area contributed by atoms with Crippen LogP contribution in [0.5, 0.6) is 0 Å². The van der Waals surface area contributed by atoms with E-state index < -0.39 is 11.1 Å². The summed E-state index contributed by atoms with van der Waals surface area (Å²) in [5.74, 6) is -0.111. The van der Waals surface area contributed by atoms with Crippen LogP contribution < -0.4 is 11.0 Å². The fraction of sp³-hybridized carbons (Fsp3) is 0.857. The molecule has 0 spiro atoms. The van der Waals surface area contributed by atoms with E-state index in [0.29, 0.717) is 25.7 Å². The molecule has 0 aromatic heterocycles. The number of ketones is 1. The van der Waals surface area contributed by atoms with E-state index in [1.807, 2.05) is 11.0 Å². The van der Waals surface area contributed by atoms with Gasteiger partial charge in [-0.1, -0.05) is 0 Å². The molecule has 5 heteroatoms. The van der Waals surface area contributed by atoms with Crippen molar-refractivity contribution >= 4 is 5.78 Å². The molecule has 2 fully saturated rings. The summed E-state index contributed by atoms with van der Waals surface area (Å²) in [5.41, 5.74) is 2.55. The molecule has 0 amide bonds. The summed E-state index contributed by atoms with van der Waals surface area (Å²) in [5, 5.41) is 17.5. The number of nitrogens with one attached hydrogen (secondary N) is 2. The van der Waals surface area contributed by atoms with Gasteiger partial charge in [-0.15, -0.1) is 0 Å². The van der Waals surface area contributed by atoms with Gasteiger partial charge in [0, 0.05) is 0 Å². The van der Waals surface area contributed by atoms with Crippen LogP contribution in [0.15, 0.2) is 0 Å². The van der Waals surface area contributed by atoms with Crippen LogP contribution in [0.3, 0.4) is 0 Å². The first-order valence-electron chi connectivity index (χ1n) is 4.07. The first-order valence-corrected chi connectivity index (χ1v) is 4.07. The fourth-order valence-corrected chi connectivity index (χ4v) is 1.49. The molecule has 0 heterocycles. The first kappa shape index (κ1) is 8.12. The fourth-order valence-electron chi connectivity index (χ4n) is 1.49. The predicted octanol–water partition coefficient (Wildman–Crippen LogP) is -0.422.